The number of carbonyl (C=O) groups is 1. The highest BCUT2D eigenvalue weighted by Crippen LogP contribution is 2.27. The number of hydrogen-bond acceptors (Lipinski definition) is 7. The molecule has 10 nitrogen and oxygen atoms in total. The number of carbonyl (C=O) groups excluding carboxylic acids is 1. The van der Waals surface area contributed by atoms with Gasteiger partial charge in [-0.15, -0.1) is 0 Å². The Morgan fingerprint density at radius 2 is 2.20 bits per heavy atom. The van der Waals surface area contributed by atoms with Crippen molar-refractivity contribution in [2.24, 2.45) is 0 Å². The number of halogens is 1. The molecule has 4 rings (SSSR count). The second-order valence-electron chi connectivity index (χ2n) is 7.22. The van der Waals surface area contributed by atoms with Gasteiger partial charge in [0.25, 0.3) is 11.5 Å². The summed E-state index contributed by atoms with van der Waals surface area (Å²) < 4.78 is 22.5. The number of nitrogens with one attached hydrogen (secondary N) is 1. The summed E-state index contributed by atoms with van der Waals surface area (Å²) in [6.45, 7) is 3.87. The molecule has 156 valence electrons. The largest absolute Gasteiger partial charge is 0.501 e. The summed E-state index contributed by atoms with van der Waals surface area (Å²) in [6, 6.07) is 4.38. The van der Waals surface area contributed by atoms with Gasteiger partial charge in [-0.3, -0.25) is 14.2 Å². The minimum Gasteiger partial charge on any atom is -0.501 e. The SMILES string of the molecule is CC1(C)OCCn2c1nc(C(=O)NCc1cccc(F)c1-n1cncn1)c(O)c2=O. The molecule has 0 unspecified atom stereocenters. The summed E-state index contributed by atoms with van der Waals surface area (Å²) in [6.07, 6.45) is 2.60. The van der Waals surface area contributed by atoms with E-state index in [4.69, 9.17) is 4.74 Å². The molecule has 0 radical (unpaired) electrons. The van der Waals surface area contributed by atoms with Gasteiger partial charge in [0.1, 0.15) is 35.6 Å². The zero-order chi connectivity index (χ0) is 21.5. The number of ether oxygens (including phenoxy) is 1. The van der Waals surface area contributed by atoms with Gasteiger partial charge >= 0.3 is 0 Å². The lowest BCUT2D eigenvalue weighted by molar-refractivity contribution is -0.0566. The van der Waals surface area contributed by atoms with Gasteiger partial charge < -0.3 is 15.2 Å². The van der Waals surface area contributed by atoms with Crippen LogP contribution in [0.4, 0.5) is 4.39 Å². The van der Waals surface area contributed by atoms with Crippen LogP contribution in [0.3, 0.4) is 0 Å². The fraction of sp³-hybridized carbons (Fsp3) is 0.316. The van der Waals surface area contributed by atoms with Gasteiger partial charge in [-0.2, -0.15) is 5.10 Å². The minimum atomic E-state index is -0.900. The minimum absolute atomic E-state index is 0.0920. The first-order valence-corrected chi connectivity index (χ1v) is 9.18. The van der Waals surface area contributed by atoms with Crippen LogP contribution in [0.1, 0.15) is 35.7 Å². The Labute approximate surface area is 170 Å². The molecule has 0 atom stereocenters. The van der Waals surface area contributed by atoms with Crippen molar-refractivity contribution in [3.05, 3.63) is 64.1 Å². The Bertz CT molecular complexity index is 1170. The molecule has 30 heavy (non-hydrogen) atoms. The molecule has 1 aliphatic rings. The molecule has 0 saturated heterocycles. The van der Waals surface area contributed by atoms with E-state index >= 15 is 0 Å². The van der Waals surface area contributed by atoms with Gasteiger partial charge in [0.05, 0.1) is 13.2 Å². The molecular formula is C19H19FN6O4. The standard InChI is InChI=1S/C19H19FN6O4/c1-19(2)18-24-13(15(27)17(29)25(18)6-7-30-19)16(28)22-8-11-4-3-5-12(20)14(11)26-10-21-9-23-26/h3-5,9-10,27H,6-8H2,1-2H3,(H,22,28). The van der Waals surface area contributed by atoms with Crippen molar-refractivity contribution in [2.45, 2.75) is 32.5 Å². The highest BCUT2D eigenvalue weighted by atomic mass is 19.1. The van der Waals surface area contributed by atoms with E-state index in [1.165, 1.54) is 34.0 Å². The molecule has 2 aromatic heterocycles. The molecule has 3 aromatic rings. The number of rotatable bonds is 4. The molecule has 0 bridgehead atoms. The second-order valence-corrected chi connectivity index (χ2v) is 7.22. The maximum atomic E-state index is 14.3. The van der Waals surface area contributed by atoms with Crippen LogP contribution in [0.5, 0.6) is 5.75 Å². The Balaban J connectivity index is 1.65. The third kappa shape index (κ3) is 3.32. The van der Waals surface area contributed by atoms with Crippen LogP contribution in [0.15, 0.2) is 35.6 Å². The van der Waals surface area contributed by atoms with Gasteiger partial charge in [0.15, 0.2) is 5.69 Å². The molecule has 11 heteroatoms. The number of amides is 1. The number of fused-ring (bicyclic) bond motifs is 1. The Kier molecular flexibility index (Phi) is 4.82. The summed E-state index contributed by atoms with van der Waals surface area (Å²) in [5, 5.41) is 16.8. The van der Waals surface area contributed by atoms with Crippen LogP contribution in [-0.4, -0.2) is 41.9 Å². The van der Waals surface area contributed by atoms with E-state index in [9.17, 15) is 19.1 Å². The summed E-state index contributed by atoms with van der Waals surface area (Å²) in [7, 11) is 0. The van der Waals surface area contributed by atoms with Crippen LogP contribution in [0.25, 0.3) is 5.69 Å². The molecule has 0 saturated carbocycles. The fourth-order valence-electron chi connectivity index (χ4n) is 3.37. The van der Waals surface area contributed by atoms with Crippen LogP contribution in [0, 0.1) is 5.82 Å². The van der Waals surface area contributed by atoms with Crippen LogP contribution >= 0.6 is 0 Å². The fourth-order valence-corrected chi connectivity index (χ4v) is 3.37. The van der Waals surface area contributed by atoms with Crippen LogP contribution in [0.2, 0.25) is 0 Å². The topological polar surface area (TPSA) is 124 Å². The number of hydrogen-bond donors (Lipinski definition) is 2. The molecule has 1 aromatic carbocycles. The number of para-hydroxylation sites is 1. The first kappa shape index (κ1) is 19.7. The average Bonchev–Trinajstić information content (AvgIpc) is 3.23. The van der Waals surface area contributed by atoms with Crippen molar-refractivity contribution < 1.29 is 19.0 Å². The lowest BCUT2D eigenvalue weighted by Gasteiger charge is -2.32. The number of benzene rings is 1. The molecular weight excluding hydrogens is 395 g/mol. The van der Waals surface area contributed by atoms with Crippen molar-refractivity contribution in [1.82, 2.24) is 29.6 Å². The third-order valence-corrected chi connectivity index (χ3v) is 4.83. The summed E-state index contributed by atoms with van der Waals surface area (Å²) in [5.41, 5.74) is -1.47. The lowest BCUT2D eigenvalue weighted by atomic mass is 10.1. The predicted molar refractivity (Wildman–Crippen MR) is 102 cm³/mol. The lowest BCUT2D eigenvalue weighted by Crippen LogP contribution is -2.42. The molecule has 1 amide bonds. The molecule has 0 aliphatic carbocycles. The monoisotopic (exact) mass is 414 g/mol. The Hall–Kier alpha value is -3.60. The first-order chi connectivity index (χ1) is 14.3. The molecule has 0 fully saturated rings. The number of nitrogens with zero attached hydrogens (tertiary/aromatic N) is 5. The van der Waals surface area contributed by atoms with Gasteiger partial charge in [0, 0.05) is 12.1 Å². The molecule has 3 heterocycles. The quantitative estimate of drug-likeness (QED) is 0.649. The van der Waals surface area contributed by atoms with E-state index in [0.29, 0.717) is 5.56 Å². The molecule has 0 spiro atoms. The Morgan fingerprint density at radius 3 is 2.93 bits per heavy atom. The highest BCUT2D eigenvalue weighted by molar-refractivity contribution is 5.94. The van der Waals surface area contributed by atoms with Crippen LogP contribution < -0.4 is 10.9 Å². The third-order valence-electron chi connectivity index (χ3n) is 4.83. The van der Waals surface area contributed by atoms with E-state index in [1.54, 1.807) is 19.9 Å². The maximum Gasteiger partial charge on any atom is 0.296 e. The van der Waals surface area contributed by atoms with E-state index in [2.05, 4.69) is 20.4 Å². The van der Waals surface area contributed by atoms with Gasteiger partial charge in [-0.1, -0.05) is 12.1 Å². The van der Waals surface area contributed by atoms with Gasteiger partial charge in [-0.25, -0.2) is 19.0 Å². The summed E-state index contributed by atoms with van der Waals surface area (Å²) in [5.74, 6) is -1.82. The molecule has 2 N–H and O–H groups in total. The van der Waals surface area contributed by atoms with Crippen LogP contribution in [-0.2, 0) is 23.4 Å². The smallest absolute Gasteiger partial charge is 0.296 e. The average molecular weight is 414 g/mol. The van der Waals surface area contributed by atoms with Crippen molar-refractivity contribution in [3.8, 4) is 11.4 Å². The van der Waals surface area contributed by atoms with E-state index in [1.807, 2.05) is 0 Å². The molecule has 1 aliphatic heterocycles. The zero-order valence-corrected chi connectivity index (χ0v) is 16.3. The first-order valence-electron chi connectivity index (χ1n) is 9.18. The highest BCUT2D eigenvalue weighted by Gasteiger charge is 2.34. The van der Waals surface area contributed by atoms with Crippen molar-refractivity contribution >= 4 is 5.91 Å². The normalized spacial score (nSPS) is 14.9. The van der Waals surface area contributed by atoms with Crippen molar-refractivity contribution in [3.63, 3.8) is 0 Å². The van der Waals surface area contributed by atoms with E-state index < -0.39 is 34.3 Å². The van der Waals surface area contributed by atoms with E-state index in [0.717, 1.165) is 0 Å². The van der Waals surface area contributed by atoms with E-state index in [-0.39, 0.29) is 31.2 Å². The maximum absolute atomic E-state index is 14.3. The number of aromatic hydroxyl groups is 1. The zero-order valence-electron chi connectivity index (χ0n) is 16.3. The summed E-state index contributed by atoms with van der Waals surface area (Å²) in [4.78, 5) is 33.3. The van der Waals surface area contributed by atoms with Crippen molar-refractivity contribution in [2.75, 3.05) is 6.61 Å². The Morgan fingerprint density at radius 1 is 1.40 bits per heavy atom. The van der Waals surface area contributed by atoms with Crippen molar-refractivity contribution in [1.29, 1.82) is 0 Å². The number of aromatic nitrogens is 5. The summed E-state index contributed by atoms with van der Waals surface area (Å²) >= 11 is 0. The van der Waals surface area contributed by atoms with Gasteiger partial charge in [0.2, 0.25) is 5.75 Å². The van der Waals surface area contributed by atoms with Gasteiger partial charge in [-0.05, 0) is 19.9 Å². The predicted octanol–water partition coefficient (Wildman–Crippen LogP) is 0.864. The second kappa shape index (κ2) is 7.34.